The summed E-state index contributed by atoms with van der Waals surface area (Å²) >= 11 is 0. The highest BCUT2D eigenvalue weighted by atomic mass is 16.5. The Balaban J connectivity index is 2.13. The van der Waals surface area contributed by atoms with Crippen LogP contribution in [0.15, 0.2) is 48.8 Å². The lowest BCUT2D eigenvalue weighted by atomic mass is 9.96. The minimum absolute atomic E-state index is 0.218. The van der Waals surface area contributed by atoms with Crippen molar-refractivity contribution >= 4 is 6.09 Å². The monoisotopic (exact) mass is 229 g/mol. The van der Waals surface area contributed by atoms with E-state index in [4.69, 9.17) is 0 Å². The third-order valence-electron chi connectivity index (χ3n) is 2.72. The zero-order valence-corrected chi connectivity index (χ0v) is 9.96. The summed E-state index contributed by atoms with van der Waals surface area (Å²) in [5.74, 6) is 0.218. The van der Waals surface area contributed by atoms with Crippen molar-refractivity contribution < 1.29 is 9.53 Å². The van der Waals surface area contributed by atoms with E-state index in [1.807, 2.05) is 18.2 Å². The van der Waals surface area contributed by atoms with Crippen LogP contribution in [-0.2, 0) is 4.74 Å². The molecule has 0 radical (unpaired) electrons. The Bertz CT molecular complexity index is 463. The second-order valence-corrected chi connectivity index (χ2v) is 4.00. The van der Waals surface area contributed by atoms with Gasteiger partial charge in [0.15, 0.2) is 0 Å². The fraction of sp³-hybridized carbons (Fsp3) is 0.214. The van der Waals surface area contributed by atoms with E-state index in [-0.39, 0.29) is 12.0 Å². The molecule has 17 heavy (non-hydrogen) atoms. The molecule has 1 aromatic rings. The zero-order valence-electron chi connectivity index (χ0n) is 9.96. The van der Waals surface area contributed by atoms with E-state index in [0.29, 0.717) is 0 Å². The maximum Gasteiger partial charge on any atom is 0.417 e. The molecule has 0 saturated heterocycles. The van der Waals surface area contributed by atoms with Crippen LogP contribution in [0.3, 0.4) is 0 Å². The van der Waals surface area contributed by atoms with E-state index in [0.717, 1.165) is 0 Å². The number of ether oxygens (including phenoxy) is 1. The lowest BCUT2D eigenvalue weighted by Gasteiger charge is -2.19. The van der Waals surface area contributed by atoms with Gasteiger partial charge in [0.1, 0.15) is 0 Å². The molecule has 0 aliphatic carbocycles. The van der Waals surface area contributed by atoms with Crippen molar-refractivity contribution in [1.82, 2.24) is 4.90 Å². The van der Waals surface area contributed by atoms with Gasteiger partial charge in [-0.3, -0.25) is 4.90 Å². The molecule has 3 nitrogen and oxygen atoms in total. The number of hydrogen-bond acceptors (Lipinski definition) is 2. The number of carbonyl (C=O) groups is 1. The van der Waals surface area contributed by atoms with Gasteiger partial charge in [-0.05, 0) is 12.5 Å². The van der Waals surface area contributed by atoms with E-state index in [1.165, 1.54) is 23.1 Å². The van der Waals surface area contributed by atoms with Crippen LogP contribution in [0.25, 0.3) is 0 Å². The van der Waals surface area contributed by atoms with Gasteiger partial charge < -0.3 is 4.74 Å². The number of rotatable bonds is 1. The van der Waals surface area contributed by atoms with Crippen LogP contribution in [0.2, 0.25) is 0 Å². The Morgan fingerprint density at radius 3 is 2.59 bits per heavy atom. The number of amides is 1. The van der Waals surface area contributed by atoms with E-state index >= 15 is 0 Å². The molecule has 1 aliphatic heterocycles. The first-order chi connectivity index (χ1) is 8.20. The average Bonchev–Trinajstić information content (AvgIpc) is 2.38. The predicted octanol–water partition coefficient (Wildman–Crippen LogP) is 3.19. The molecule has 0 fully saturated rings. The molecule has 3 heteroatoms. The summed E-state index contributed by atoms with van der Waals surface area (Å²) in [6.07, 6.45) is 7.05. The van der Waals surface area contributed by atoms with E-state index in [1.54, 1.807) is 12.4 Å². The second kappa shape index (κ2) is 4.87. The summed E-state index contributed by atoms with van der Waals surface area (Å²) in [6.45, 7) is 2.07. The van der Waals surface area contributed by atoms with Gasteiger partial charge in [-0.2, -0.15) is 0 Å². The Kier molecular flexibility index (Phi) is 3.28. The fourth-order valence-corrected chi connectivity index (χ4v) is 1.81. The number of nitrogens with zero attached hydrogens (tertiary/aromatic N) is 1. The lowest BCUT2D eigenvalue weighted by molar-refractivity contribution is 0.151. The first kappa shape index (κ1) is 11.5. The topological polar surface area (TPSA) is 29.5 Å². The number of allylic oxidation sites excluding steroid dienone is 2. The molecular weight excluding hydrogens is 214 g/mol. The van der Waals surface area contributed by atoms with Crippen LogP contribution in [0.5, 0.6) is 0 Å². The molecular formula is C14H15NO2. The summed E-state index contributed by atoms with van der Waals surface area (Å²) < 4.78 is 4.63. The smallest absolute Gasteiger partial charge is 0.417 e. The molecule has 88 valence electrons. The number of carbonyl (C=O) groups excluding carboxylic acids is 1. The minimum atomic E-state index is -0.375. The third kappa shape index (κ3) is 2.56. The highest BCUT2D eigenvalue weighted by Crippen LogP contribution is 2.23. The molecule has 1 aromatic carbocycles. The number of hydrogen-bond donors (Lipinski definition) is 0. The van der Waals surface area contributed by atoms with Crippen molar-refractivity contribution in [3.63, 3.8) is 0 Å². The lowest BCUT2D eigenvalue weighted by Crippen LogP contribution is -2.21. The Morgan fingerprint density at radius 1 is 1.29 bits per heavy atom. The predicted molar refractivity (Wildman–Crippen MR) is 66.4 cm³/mol. The van der Waals surface area contributed by atoms with Gasteiger partial charge in [0.2, 0.25) is 0 Å². The number of aryl methyl sites for hydroxylation is 1. The largest absolute Gasteiger partial charge is 0.452 e. The third-order valence-corrected chi connectivity index (χ3v) is 2.72. The molecule has 1 aliphatic rings. The van der Waals surface area contributed by atoms with Gasteiger partial charge in [0.25, 0.3) is 0 Å². The van der Waals surface area contributed by atoms with Gasteiger partial charge in [-0.15, -0.1) is 0 Å². The first-order valence-electron chi connectivity index (χ1n) is 5.50. The van der Waals surface area contributed by atoms with Gasteiger partial charge in [0, 0.05) is 18.3 Å². The highest BCUT2D eigenvalue weighted by molar-refractivity contribution is 5.70. The standard InChI is InChI=1S/C14H15NO2/c1-11-4-3-5-13(10-11)12-6-8-15(9-7-12)14(16)17-2/h3-10,12H,1-2H3. The Hall–Kier alpha value is -2.03. The minimum Gasteiger partial charge on any atom is -0.452 e. The summed E-state index contributed by atoms with van der Waals surface area (Å²) in [6, 6.07) is 8.34. The van der Waals surface area contributed by atoms with E-state index < -0.39 is 0 Å². The molecule has 0 bridgehead atoms. The molecule has 0 spiro atoms. The molecule has 0 atom stereocenters. The summed E-state index contributed by atoms with van der Waals surface area (Å²) in [5, 5.41) is 0. The van der Waals surface area contributed by atoms with Crippen molar-refractivity contribution in [1.29, 1.82) is 0 Å². The van der Waals surface area contributed by atoms with Gasteiger partial charge in [0.05, 0.1) is 7.11 Å². The van der Waals surface area contributed by atoms with Crippen LogP contribution >= 0.6 is 0 Å². The van der Waals surface area contributed by atoms with Crippen LogP contribution in [-0.4, -0.2) is 18.1 Å². The summed E-state index contributed by atoms with van der Waals surface area (Å²) in [4.78, 5) is 12.7. The molecule has 1 heterocycles. The molecule has 0 aromatic heterocycles. The number of benzene rings is 1. The molecule has 0 N–H and O–H groups in total. The molecule has 2 rings (SSSR count). The molecule has 0 unspecified atom stereocenters. The normalized spacial score (nSPS) is 15.1. The summed E-state index contributed by atoms with van der Waals surface area (Å²) in [5.41, 5.74) is 2.46. The SMILES string of the molecule is COC(=O)N1C=CC(c2cccc(C)c2)C=C1. The number of methoxy groups -OCH3 is 1. The fourth-order valence-electron chi connectivity index (χ4n) is 1.81. The van der Waals surface area contributed by atoms with Crippen molar-refractivity contribution in [3.8, 4) is 0 Å². The van der Waals surface area contributed by atoms with Gasteiger partial charge in [-0.25, -0.2) is 4.79 Å². The van der Waals surface area contributed by atoms with Crippen LogP contribution in [0, 0.1) is 6.92 Å². The van der Waals surface area contributed by atoms with E-state index in [2.05, 4.69) is 29.9 Å². The van der Waals surface area contributed by atoms with Crippen molar-refractivity contribution in [2.75, 3.05) is 7.11 Å². The maximum atomic E-state index is 11.3. The van der Waals surface area contributed by atoms with Gasteiger partial charge >= 0.3 is 6.09 Å². The maximum absolute atomic E-state index is 11.3. The molecule has 0 saturated carbocycles. The van der Waals surface area contributed by atoms with Crippen LogP contribution < -0.4 is 0 Å². The second-order valence-electron chi connectivity index (χ2n) is 4.00. The summed E-state index contributed by atoms with van der Waals surface area (Å²) in [7, 11) is 1.37. The van der Waals surface area contributed by atoms with E-state index in [9.17, 15) is 4.79 Å². The zero-order chi connectivity index (χ0) is 12.3. The molecule has 1 amide bonds. The van der Waals surface area contributed by atoms with Crippen LogP contribution in [0.1, 0.15) is 17.0 Å². The van der Waals surface area contributed by atoms with Crippen LogP contribution in [0.4, 0.5) is 4.79 Å². The van der Waals surface area contributed by atoms with Crippen molar-refractivity contribution in [3.05, 3.63) is 59.9 Å². The average molecular weight is 229 g/mol. The first-order valence-corrected chi connectivity index (χ1v) is 5.50. The quantitative estimate of drug-likeness (QED) is 0.740. The Morgan fingerprint density at radius 2 is 2.00 bits per heavy atom. The van der Waals surface area contributed by atoms with Gasteiger partial charge in [-0.1, -0.05) is 42.0 Å². The Labute approximate surface area is 101 Å². The van der Waals surface area contributed by atoms with Crippen molar-refractivity contribution in [2.24, 2.45) is 0 Å². The van der Waals surface area contributed by atoms with Crippen molar-refractivity contribution in [2.45, 2.75) is 12.8 Å². The highest BCUT2D eigenvalue weighted by Gasteiger charge is 2.14.